The predicted molar refractivity (Wildman–Crippen MR) is 72.6 cm³/mol. The molecule has 19 heavy (non-hydrogen) atoms. The molecule has 0 saturated heterocycles. The number of halogens is 1. The van der Waals surface area contributed by atoms with Gasteiger partial charge in [-0.1, -0.05) is 15.9 Å². The molecule has 0 heterocycles. The Morgan fingerprint density at radius 1 is 1.42 bits per heavy atom. The summed E-state index contributed by atoms with van der Waals surface area (Å²) in [6, 6.07) is 4.10. The van der Waals surface area contributed by atoms with Gasteiger partial charge in [0.2, 0.25) is 0 Å². The number of rotatable bonds is 4. The quantitative estimate of drug-likeness (QED) is 0.777. The van der Waals surface area contributed by atoms with Crippen LogP contribution in [0.1, 0.15) is 25.5 Å². The predicted octanol–water partition coefficient (Wildman–Crippen LogP) is 1.46. The van der Waals surface area contributed by atoms with Crippen molar-refractivity contribution in [1.82, 2.24) is 5.32 Å². The van der Waals surface area contributed by atoms with Gasteiger partial charge in [-0.3, -0.25) is 10.1 Å². The Bertz CT molecular complexity index is 491. The Labute approximate surface area is 119 Å². The fourth-order valence-corrected chi connectivity index (χ4v) is 1.80. The third-order valence-electron chi connectivity index (χ3n) is 2.34. The van der Waals surface area contributed by atoms with Crippen LogP contribution in [0.25, 0.3) is 0 Å². The van der Waals surface area contributed by atoms with Gasteiger partial charge < -0.3 is 15.6 Å². The summed E-state index contributed by atoms with van der Waals surface area (Å²) in [7, 11) is 0. The zero-order chi connectivity index (χ0) is 14.6. The van der Waals surface area contributed by atoms with Gasteiger partial charge in [0.1, 0.15) is 5.75 Å². The Morgan fingerprint density at radius 2 is 2.05 bits per heavy atom. The Hall–Kier alpha value is -1.60. The normalized spacial score (nSPS) is 13.5. The molecule has 104 valence electrons. The van der Waals surface area contributed by atoms with Gasteiger partial charge in [-0.05, 0) is 32.0 Å². The van der Waals surface area contributed by atoms with E-state index in [0.29, 0.717) is 11.3 Å². The number of hydrogen-bond acceptors (Lipinski definition) is 4. The first-order valence-electron chi connectivity index (χ1n) is 5.55. The lowest BCUT2D eigenvalue weighted by Crippen LogP contribution is -2.42. The number of aliphatic hydroxyl groups excluding tert-OH is 1. The Morgan fingerprint density at radius 3 is 2.58 bits per heavy atom. The third kappa shape index (κ3) is 4.53. The molecule has 7 heteroatoms. The molecule has 1 unspecified atom stereocenters. The van der Waals surface area contributed by atoms with Crippen LogP contribution in [-0.2, 0) is 4.79 Å². The van der Waals surface area contributed by atoms with Gasteiger partial charge in [-0.15, -0.1) is 0 Å². The largest absolute Gasteiger partial charge is 0.480 e. The second kappa shape index (κ2) is 6.53. The number of imide groups is 1. The van der Waals surface area contributed by atoms with Crippen molar-refractivity contribution in [2.45, 2.75) is 26.1 Å². The van der Waals surface area contributed by atoms with Crippen LogP contribution in [-0.4, -0.2) is 23.1 Å². The molecule has 1 aromatic carbocycles. The van der Waals surface area contributed by atoms with E-state index in [9.17, 15) is 14.7 Å². The van der Waals surface area contributed by atoms with E-state index < -0.39 is 24.1 Å². The average Bonchev–Trinajstić information content (AvgIpc) is 2.30. The summed E-state index contributed by atoms with van der Waals surface area (Å²) in [6.45, 7) is 3.06. The number of ether oxygens (including phenoxy) is 1. The molecule has 0 radical (unpaired) electrons. The van der Waals surface area contributed by atoms with E-state index in [4.69, 9.17) is 10.5 Å². The van der Waals surface area contributed by atoms with Crippen LogP contribution in [0.4, 0.5) is 4.79 Å². The van der Waals surface area contributed by atoms with Crippen LogP contribution in [0.15, 0.2) is 22.7 Å². The summed E-state index contributed by atoms with van der Waals surface area (Å²) in [5.74, 6) is -0.280. The monoisotopic (exact) mass is 330 g/mol. The van der Waals surface area contributed by atoms with E-state index in [2.05, 4.69) is 15.9 Å². The average molecular weight is 331 g/mol. The molecule has 3 amide bonds. The van der Waals surface area contributed by atoms with Crippen molar-refractivity contribution in [2.24, 2.45) is 5.73 Å². The molecular formula is C12H15BrN2O4. The van der Waals surface area contributed by atoms with E-state index in [1.807, 2.05) is 5.32 Å². The third-order valence-corrected chi connectivity index (χ3v) is 2.83. The highest BCUT2D eigenvalue weighted by atomic mass is 79.9. The number of aliphatic hydroxyl groups is 1. The molecule has 0 fully saturated rings. The topological polar surface area (TPSA) is 102 Å². The van der Waals surface area contributed by atoms with E-state index in [1.54, 1.807) is 25.1 Å². The summed E-state index contributed by atoms with van der Waals surface area (Å²) in [4.78, 5) is 22.1. The summed E-state index contributed by atoms with van der Waals surface area (Å²) >= 11 is 3.29. The van der Waals surface area contributed by atoms with Crippen LogP contribution in [0, 0.1) is 0 Å². The number of benzene rings is 1. The molecule has 0 spiro atoms. The smallest absolute Gasteiger partial charge is 0.318 e. The summed E-state index contributed by atoms with van der Waals surface area (Å²) in [6.07, 6.45) is -1.66. The number of hydrogen-bond donors (Lipinski definition) is 3. The second-order valence-electron chi connectivity index (χ2n) is 3.97. The highest BCUT2D eigenvalue weighted by Crippen LogP contribution is 2.29. The van der Waals surface area contributed by atoms with Gasteiger partial charge in [0, 0.05) is 10.0 Å². The van der Waals surface area contributed by atoms with Gasteiger partial charge >= 0.3 is 6.03 Å². The lowest BCUT2D eigenvalue weighted by molar-refractivity contribution is -0.126. The molecule has 2 atom stereocenters. The van der Waals surface area contributed by atoms with Crippen LogP contribution in [0.3, 0.4) is 0 Å². The van der Waals surface area contributed by atoms with Gasteiger partial charge in [0.15, 0.2) is 6.10 Å². The SMILES string of the molecule is CC(Oc1ccc(Br)cc1[C@@H](C)O)C(=O)NC(N)=O. The standard InChI is InChI=1S/C12H15BrN2O4/c1-6(16)9-5-8(13)3-4-10(9)19-7(2)11(17)15-12(14)18/h3-7,16H,1-2H3,(H3,14,15,17,18)/t6-,7?/m1/s1. The molecule has 4 N–H and O–H groups in total. The second-order valence-corrected chi connectivity index (χ2v) is 4.89. The number of carbonyl (C=O) groups excluding carboxylic acids is 2. The van der Waals surface area contributed by atoms with E-state index in [-0.39, 0.29) is 0 Å². The lowest BCUT2D eigenvalue weighted by Gasteiger charge is -2.18. The maximum Gasteiger partial charge on any atom is 0.318 e. The first-order chi connectivity index (χ1) is 8.81. The highest BCUT2D eigenvalue weighted by molar-refractivity contribution is 9.10. The van der Waals surface area contributed by atoms with E-state index in [0.717, 1.165) is 4.47 Å². The molecule has 1 rings (SSSR count). The van der Waals surface area contributed by atoms with Crippen LogP contribution < -0.4 is 15.8 Å². The molecule has 0 aliphatic rings. The zero-order valence-corrected chi connectivity index (χ0v) is 12.1. The van der Waals surface area contributed by atoms with Gasteiger partial charge in [0.25, 0.3) is 5.91 Å². The van der Waals surface area contributed by atoms with Crippen molar-refractivity contribution in [3.05, 3.63) is 28.2 Å². The first kappa shape index (κ1) is 15.5. The summed E-state index contributed by atoms with van der Waals surface area (Å²) in [5.41, 5.74) is 5.39. The van der Waals surface area contributed by atoms with Crippen molar-refractivity contribution in [1.29, 1.82) is 0 Å². The molecule has 0 aromatic heterocycles. The Balaban J connectivity index is 2.87. The van der Waals surface area contributed by atoms with Crippen LogP contribution >= 0.6 is 15.9 Å². The lowest BCUT2D eigenvalue weighted by atomic mass is 10.1. The number of urea groups is 1. The summed E-state index contributed by atoms with van der Waals surface area (Å²) in [5, 5.41) is 11.6. The van der Waals surface area contributed by atoms with Crippen LogP contribution in [0.2, 0.25) is 0 Å². The number of primary amides is 1. The van der Waals surface area contributed by atoms with E-state index >= 15 is 0 Å². The molecule has 1 aromatic rings. The number of nitrogens with two attached hydrogens (primary N) is 1. The maximum atomic E-state index is 11.5. The van der Waals surface area contributed by atoms with Gasteiger partial charge in [-0.25, -0.2) is 4.79 Å². The van der Waals surface area contributed by atoms with Crippen molar-refractivity contribution in [2.75, 3.05) is 0 Å². The molecule has 0 aliphatic heterocycles. The highest BCUT2D eigenvalue weighted by Gasteiger charge is 2.19. The first-order valence-corrected chi connectivity index (χ1v) is 6.35. The number of amides is 3. The minimum absolute atomic E-state index is 0.366. The molecular weight excluding hydrogens is 316 g/mol. The Kier molecular flexibility index (Phi) is 5.31. The van der Waals surface area contributed by atoms with Crippen LogP contribution in [0.5, 0.6) is 5.75 Å². The van der Waals surface area contributed by atoms with Gasteiger partial charge in [-0.2, -0.15) is 0 Å². The maximum absolute atomic E-state index is 11.5. The van der Waals surface area contributed by atoms with Crippen molar-refractivity contribution < 1.29 is 19.4 Å². The molecule has 6 nitrogen and oxygen atoms in total. The molecule has 0 aliphatic carbocycles. The van der Waals surface area contributed by atoms with Crippen molar-refractivity contribution >= 4 is 27.9 Å². The summed E-state index contributed by atoms with van der Waals surface area (Å²) < 4.78 is 6.21. The fraction of sp³-hybridized carbons (Fsp3) is 0.333. The van der Waals surface area contributed by atoms with Gasteiger partial charge in [0.05, 0.1) is 6.10 Å². The number of nitrogens with one attached hydrogen (secondary N) is 1. The zero-order valence-electron chi connectivity index (χ0n) is 10.5. The number of carbonyl (C=O) groups is 2. The minimum Gasteiger partial charge on any atom is -0.480 e. The van der Waals surface area contributed by atoms with E-state index in [1.165, 1.54) is 6.92 Å². The molecule has 0 bridgehead atoms. The fourth-order valence-electron chi connectivity index (χ4n) is 1.42. The molecule has 0 saturated carbocycles. The van der Waals surface area contributed by atoms with Crippen molar-refractivity contribution in [3.63, 3.8) is 0 Å². The van der Waals surface area contributed by atoms with Crippen molar-refractivity contribution in [3.8, 4) is 5.75 Å². The minimum atomic E-state index is -0.938.